The van der Waals surface area contributed by atoms with Crippen molar-refractivity contribution in [2.75, 3.05) is 26.7 Å². The molecule has 4 heterocycles. The van der Waals surface area contributed by atoms with Crippen LogP contribution in [0.5, 0.6) is 0 Å². The summed E-state index contributed by atoms with van der Waals surface area (Å²) in [4.78, 5) is 48.8. The number of fused-ring (bicyclic) bond motifs is 3. The van der Waals surface area contributed by atoms with Gasteiger partial charge in [-0.05, 0) is 57.2 Å². The average Bonchev–Trinajstić information content (AvgIpc) is 2.92. The highest BCUT2D eigenvalue weighted by Gasteiger charge is 2.31. The fourth-order valence-corrected chi connectivity index (χ4v) is 6.06. The molecular weight excluding hydrogens is 539 g/mol. The van der Waals surface area contributed by atoms with Gasteiger partial charge in [0.2, 0.25) is 0 Å². The van der Waals surface area contributed by atoms with Gasteiger partial charge in [-0.25, -0.2) is 4.79 Å². The second-order valence-corrected chi connectivity index (χ2v) is 11.1. The van der Waals surface area contributed by atoms with E-state index in [2.05, 4.69) is 17.3 Å². The summed E-state index contributed by atoms with van der Waals surface area (Å²) >= 11 is 12.3. The SMILES string of the molecule is CN1CCC(NC(=O)c2c3c(nc4ccccc24)CCN(C(=O)c2cc4cc(Cl)cc(Cl)c4oc2=O)C3)CC1. The molecule has 6 rings (SSSR count). The molecule has 2 aliphatic rings. The molecule has 0 unspecified atom stereocenters. The van der Waals surface area contributed by atoms with E-state index in [1.54, 1.807) is 11.0 Å². The van der Waals surface area contributed by atoms with Crippen molar-refractivity contribution in [2.24, 2.45) is 0 Å². The molecule has 0 spiro atoms. The zero-order chi connectivity index (χ0) is 27.3. The van der Waals surface area contributed by atoms with Gasteiger partial charge >= 0.3 is 5.63 Å². The van der Waals surface area contributed by atoms with E-state index in [1.807, 2.05) is 24.3 Å². The second kappa shape index (κ2) is 10.3. The Morgan fingerprint density at radius 1 is 1.08 bits per heavy atom. The summed E-state index contributed by atoms with van der Waals surface area (Å²) in [6.07, 6.45) is 2.21. The van der Waals surface area contributed by atoms with Gasteiger partial charge < -0.3 is 19.5 Å². The number of nitrogens with zero attached hydrogens (tertiary/aromatic N) is 3. The third-order valence-electron chi connectivity index (χ3n) is 7.60. The maximum absolute atomic E-state index is 13.7. The van der Waals surface area contributed by atoms with Crippen LogP contribution in [0.3, 0.4) is 0 Å². The van der Waals surface area contributed by atoms with Gasteiger partial charge in [0.15, 0.2) is 5.58 Å². The Morgan fingerprint density at radius 2 is 1.85 bits per heavy atom. The van der Waals surface area contributed by atoms with Crippen molar-refractivity contribution >= 4 is 56.9 Å². The van der Waals surface area contributed by atoms with Crippen molar-refractivity contribution in [1.82, 2.24) is 20.1 Å². The third kappa shape index (κ3) is 4.88. The summed E-state index contributed by atoms with van der Waals surface area (Å²) in [5.41, 5.74) is 2.06. The van der Waals surface area contributed by atoms with Crippen molar-refractivity contribution in [3.8, 4) is 0 Å². The molecule has 1 saturated heterocycles. The summed E-state index contributed by atoms with van der Waals surface area (Å²) in [6, 6.07) is 12.2. The smallest absolute Gasteiger partial charge is 0.349 e. The lowest BCUT2D eigenvalue weighted by molar-refractivity contribution is 0.0725. The van der Waals surface area contributed by atoms with Crippen LogP contribution in [-0.2, 0) is 13.0 Å². The molecule has 2 aromatic heterocycles. The fourth-order valence-electron chi connectivity index (χ4n) is 5.51. The molecule has 200 valence electrons. The number of aromatic nitrogens is 1. The zero-order valence-corrected chi connectivity index (χ0v) is 22.8. The summed E-state index contributed by atoms with van der Waals surface area (Å²) in [7, 11) is 2.08. The Hall–Kier alpha value is -3.46. The minimum absolute atomic E-state index is 0.0819. The molecule has 1 fully saturated rings. The van der Waals surface area contributed by atoms with Crippen LogP contribution in [0, 0.1) is 0 Å². The van der Waals surface area contributed by atoms with Gasteiger partial charge in [0.25, 0.3) is 11.8 Å². The monoisotopic (exact) mass is 564 g/mol. The first-order valence-electron chi connectivity index (χ1n) is 12.9. The molecule has 0 aliphatic carbocycles. The molecule has 1 N–H and O–H groups in total. The molecule has 8 nitrogen and oxygen atoms in total. The summed E-state index contributed by atoms with van der Waals surface area (Å²) in [5, 5.41) is 4.98. The zero-order valence-electron chi connectivity index (χ0n) is 21.3. The summed E-state index contributed by atoms with van der Waals surface area (Å²) in [6.45, 7) is 2.34. The number of nitrogens with one attached hydrogen (secondary N) is 1. The van der Waals surface area contributed by atoms with Crippen molar-refractivity contribution < 1.29 is 14.0 Å². The van der Waals surface area contributed by atoms with E-state index in [1.165, 1.54) is 12.1 Å². The first kappa shape index (κ1) is 25.8. The van der Waals surface area contributed by atoms with Gasteiger partial charge in [0, 0.05) is 52.6 Å². The van der Waals surface area contributed by atoms with Crippen LogP contribution in [0.25, 0.3) is 21.9 Å². The number of rotatable bonds is 3. The highest BCUT2D eigenvalue weighted by Crippen LogP contribution is 2.31. The first-order chi connectivity index (χ1) is 18.8. The van der Waals surface area contributed by atoms with Crippen LogP contribution >= 0.6 is 23.2 Å². The number of hydrogen-bond donors (Lipinski definition) is 1. The normalized spacial score (nSPS) is 16.4. The molecule has 4 aromatic rings. The number of amides is 2. The molecule has 2 aliphatic heterocycles. The standard InChI is InChI=1S/C29H26Cl2N4O4/c1-34-9-6-18(7-10-34)32-27(36)25-19-4-2-3-5-23(19)33-24-8-11-35(15-21(24)25)28(37)20-13-16-12-17(30)14-22(31)26(16)39-29(20)38/h2-5,12-14,18H,6-11,15H2,1H3,(H,32,36). The number of para-hydroxylation sites is 1. The molecule has 0 saturated carbocycles. The predicted molar refractivity (Wildman–Crippen MR) is 151 cm³/mol. The molecule has 0 atom stereocenters. The quantitative estimate of drug-likeness (QED) is 0.363. The number of piperidine rings is 1. The number of benzene rings is 2. The molecule has 2 aromatic carbocycles. The van der Waals surface area contributed by atoms with Gasteiger partial charge in [0.05, 0.1) is 16.1 Å². The van der Waals surface area contributed by atoms with E-state index in [4.69, 9.17) is 32.6 Å². The van der Waals surface area contributed by atoms with Crippen LogP contribution < -0.4 is 10.9 Å². The lowest BCUT2D eigenvalue weighted by Gasteiger charge is -2.32. The van der Waals surface area contributed by atoms with Crippen molar-refractivity contribution in [2.45, 2.75) is 31.8 Å². The van der Waals surface area contributed by atoms with Gasteiger partial charge in [0.1, 0.15) is 5.56 Å². The number of pyridine rings is 1. The maximum Gasteiger partial charge on any atom is 0.349 e. The lowest BCUT2D eigenvalue weighted by Crippen LogP contribution is -2.44. The maximum atomic E-state index is 13.7. The summed E-state index contributed by atoms with van der Waals surface area (Å²) in [5.74, 6) is -0.648. The Bertz CT molecular complexity index is 1690. The minimum Gasteiger partial charge on any atom is -0.421 e. The van der Waals surface area contributed by atoms with Crippen molar-refractivity contribution in [3.05, 3.63) is 85.3 Å². The van der Waals surface area contributed by atoms with E-state index in [-0.39, 0.29) is 34.7 Å². The van der Waals surface area contributed by atoms with Crippen LogP contribution in [0.4, 0.5) is 0 Å². The van der Waals surface area contributed by atoms with Crippen molar-refractivity contribution in [3.63, 3.8) is 0 Å². The molecule has 2 amide bonds. The van der Waals surface area contributed by atoms with Crippen LogP contribution in [0.2, 0.25) is 10.0 Å². The number of halogens is 2. The largest absolute Gasteiger partial charge is 0.421 e. The van der Waals surface area contributed by atoms with Gasteiger partial charge in [-0.1, -0.05) is 41.4 Å². The van der Waals surface area contributed by atoms with Crippen molar-refractivity contribution in [1.29, 1.82) is 0 Å². The molecule has 10 heteroatoms. The predicted octanol–water partition coefficient (Wildman–Crippen LogP) is 4.67. The second-order valence-electron chi connectivity index (χ2n) is 10.2. The van der Waals surface area contributed by atoms with E-state index < -0.39 is 11.5 Å². The molecule has 39 heavy (non-hydrogen) atoms. The van der Waals surface area contributed by atoms with Crippen LogP contribution in [0.1, 0.15) is 44.8 Å². The van der Waals surface area contributed by atoms with Crippen LogP contribution in [0.15, 0.2) is 51.7 Å². The molecule has 0 bridgehead atoms. The number of carbonyl (C=O) groups excluding carboxylic acids is 2. The number of likely N-dealkylation sites (tertiary alicyclic amines) is 1. The minimum atomic E-state index is -0.778. The number of carbonyl (C=O) groups is 2. The molecule has 0 radical (unpaired) electrons. The Kier molecular flexibility index (Phi) is 6.79. The fraction of sp³-hybridized carbons (Fsp3) is 0.310. The molecular formula is C29H26Cl2N4O4. The average molecular weight is 565 g/mol. The van der Waals surface area contributed by atoms with Gasteiger partial charge in [-0.2, -0.15) is 0 Å². The number of hydrogen-bond acceptors (Lipinski definition) is 6. The lowest BCUT2D eigenvalue weighted by atomic mass is 9.94. The van der Waals surface area contributed by atoms with E-state index in [0.29, 0.717) is 34.5 Å². The summed E-state index contributed by atoms with van der Waals surface area (Å²) < 4.78 is 5.40. The van der Waals surface area contributed by atoms with Crippen LogP contribution in [-0.4, -0.2) is 59.3 Å². The highest BCUT2D eigenvalue weighted by molar-refractivity contribution is 6.38. The Morgan fingerprint density at radius 3 is 2.64 bits per heavy atom. The van der Waals surface area contributed by atoms with Gasteiger partial charge in [-0.15, -0.1) is 0 Å². The van der Waals surface area contributed by atoms with Gasteiger partial charge in [-0.3, -0.25) is 14.6 Å². The first-order valence-corrected chi connectivity index (χ1v) is 13.7. The Balaban J connectivity index is 1.36. The van der Waals surface area contributed by atoms with E-state index in [0.717, 1.165) is 42.5 Å². The topological polar surface area (TPSA) is 95.8 Å². The third-order valence-corrected chi connectivity index (χ3v) is 8.10. The Labute approximate surface area is 234 Å². The van der Waals surface area contributed by atoms with E-state index >= 15 is 0 Å². The van der Waals surface area contributed by atoms with E-state index in [9.17, 15) is 14.4 Å². The highest BCUT2D eigenvalue weighted by atomic mass is 35.5.